The fraction of sp³-hybridized carbons (Fsp3) is 0.312. The summed E-state index contributed by atoms with van der Waals surface area (Å²) in [5.41, 5.74) is 3.70. The molecule has 3 rings (SSSR count). The van der Waals surface area contributed by atoms with Gasteiger partial charge in [0.25, 0.3) is 0 Å². The molecule has 8 nitrogen and oxygen atoms in total. The largest absolute Gasteiger partial charge is 0.490 e. The van der Waals surface area contributed by atoms with Crippen LogP contribution in [0.2, 0.25) is 0 Å². The lowest BCUT2D eigenvalue weighted by Crippen LogP contribution is -2.41. The molecule has 238 valence electrons. The van der Waals surface area contributed by atoms with Crippen molar-refractivity contribution in [1.82, 2.24) is 10.2 Å². The van der Waals surface area contributed by atoms with Crippen LogP contribution in [0.1, 0.15) is 29.2 Å². The van der Waals surface area contributed by atoms with Crippen LogP contribution in [0, 0.1) is 5.82 Å². The lowest BCUT2D eigenvalue weighted by Gasteiger charge is -2.25. The second-order valence-electron chi connectivity index (χ2n) is 9.58. The molecule has 0 radical (unpaired) electrons. The highest BCUT2D eigenvalue weighted by molar-refractivity contribution is 5.73. The number of carboxylic acids is 1. The van der Waals surface area contributed by atoms with E-state index in [-0.39, 0.29) is 26.3 Å². The third-order valence-corrected chi connectivity index (χ3v) is 5.92. The van der Waals surface area contributed by atoms with Crippen molar-refractivity contribution >= 4 is 12.1 Å². The van der Waals surface area contributed by atoms with Crippen LogP contribution in [-0.2, 0) is 35.6 Å². The van der Waals surface area contributed by atoms with Crippen molar-refractivity contribution in [2.75, 3.05) is 19.7 Å². The number of nitrogens with one attached hydrogen (secondary N) is 1. The van der Waals surface area contributed by atoms with E-state index in [9.17, 15) is 27.5 Å². The van der Waals surface area contributed by atoms with E-state index in [1.54, 1.807) is 12.1 Å². The Kier molecular flexibility index (Phi) is 14.9. The molecule has 12 heteroatoms. The number of aliphatic carboxylic acids is 1. The zero-order valence-corrected chi connectivity index (χ0v) is 24.2. The Hall–Kier alpha value is -4.42. The maximum absolute atomic E-state index is 13.9. The van der Waals surface area contributed by atoms with Crippen LogP contribution >= 0.6 is 0 Å². The molecule has 0 aliphatic heterocycles. The van der Waals surface area contributed by atoms with Gasteiger partial charge in [-0.15, -0.1) is 0 Å². The number of benzene rings is 3. The fourth-order valence-corrected chi connectivity index (χ4v) is 3.85. The number of ether oxygens (including phenoxy) is 2. The number of nitrogens with zero attached hydrogens (tertiary/aromatic N) is 1. The zero-order chi connectivity index (χ0) is 32.5. The number of hydrogen-bond acceptors (Lipinski definition) is 6. The van der Waals surface area contributed by atoms with Gasteiger partial charge in [0.05, 0.1) is 12.6 Å². The van der Waals surface area contributed by atoms with Crippen molar-refractivity contribution in [3.05, 3.63) is 114 Å². The Morgan fingerprint density at radius 2 is 1.66 bits per heavy atom. The first-order valence-electron chi connectivity index (χ1n) is 13.7. The third kappa shape index (κ3) is 13.7. The van der Waals surface area contributed by atoms with E-state index in [0.29, 0.717) is 24.4 Å². The number of rotatable bonds is 14. The minimum atomic E-state index is -5.08. The number of aryl methyl sites for hydroxylation is 1. The van der Waals surface area contributed by atoms with Gasteiger partial charge in [-0.05, 0) is 40.8 Å². The van der Waals surface area contributed by atoms with Crippen molar-refractivity contribution in [2.45, 2.75) is 45.3 Å². The minimum Gasteiger partial charge on any atom is -0.489 e. The van der Waals surface area contributed by atoms with E-state index in [2.05, 4.69) is 24.9 Å². The van der Waals surface area contributed by atoms with Crippen molar-refractivity contribution in [1.29, 1.82) is 0 Å². The van der Waals surface area contributed by atoms with Gasteiger partial charge in [-0.25, -0.2) is 14.0 Å². The Balaban J connectivity index is 0.000000860. The highest BCUT2D eigenvalue weighted by Crippen LogP contribution is 2.17. The molecule has 0 spiro atoms. The summed E-state index contributed by atoms with van der Waals surface area (Å²) in [5.74, 6) is -2.74. The second kappa shape index (κ2) is 18.3. The Morgan fingerprint density at radius 1 is 1.00 bits per heavy atom. The number of amides is 1. The standard InChI is InChI=1S/C30H35FN2O4.C2HF3O2/c1-3-13-36-29-16-26(15-27(31)17-29)18-32-19-28(34)21-33(20-25-12-8-11-23(4-2)14-25)30(35)37-22-24-9-6-5-7-10-24;3-2(4,5)1(6)7/h3,5-12,14-17,28,32,34H,1,4,13,18-22H2,2H3;(H,6,7). The number of halogens is 4. The van der Waals surface area contributed by atoms with Crippen LogP contribution in [0.15, 0.2) is 85.5 Å². The molecule has 1 amide bonds. The average molecular weight is 621 g/mol. The molecule has 0 fully saturated rings. The van der Waals surface area contributed by atoms with Gasteiger partial charge in [0.2, 0.25) is 0 Å². The molecule has 0 aliphatic rings. The molecular weight excluding hydrogens is 584 g/mol. The van der Waals surface area contributed by atoms with E-state index >= 15 is 0 Å². The predicted octanol–water partition coefficient (Wildman–Crippen LogP) is 5.88. The molecule has 3 N–H and O–H groups in total. The summed E-state index contributed by atoms with van der Waals surface area (Å²) in [6, 6.07) is 21.9. The minimum absolute atomic E-state index is 0.0772. The van der Waals surface area contributed by atoms with E-state index in [0.717, 1.165) is 17.5 Å². The summed E-state index contributed by atoms with van der Waals surface area (Å²) < 4.78 is 56.6. The van der Waals surface area contributed by atoms with Crippen molar-refractivity contribution in [3.8, 4) is 5.75 Å². The van der Waals surface area contributed by atoms with E-state index < -0.39 is 30.2 Å². The molecule has 44 heavy (non-hydrogen) atoms. The van der Waals surface area contributed by atoms with Crippen LogP contribution < -0.4 is 10.1 Å². The summed E-state index contributed by atoms with van der Waals surface area (Å²) in [4.78, 5) is 23.4. The number of hydrogen-bond donors (Lipinski definition) is 3. The molecular formula is C32H36F4N2O6. The van der Waals surface area contributed by atoms with Crippen LogP contribution in [0.25, 0.3) is 0 Å². The maximum atomic E-state index is 13.9. The quantitative estimate of drug-likeness (QED) is 0.153. The summed E-state index contributed by atoms with van der Waals surface area (Å²) in [6.45, 7) is 7.02. The third-order valence-electron chi connectivity index (χ3n) is 5.92. The van der Waals surface area contributed by atoms with Gasteiger partial charge in [-0.1, -0.05) is 74.2 Å². The first-order valence-corrected chi connectivity index (χ1v) is 13.7. The second-order valence-corrected chi connectivity index (χ2v) is 9.58. The average Bonchev–Trinajstić information content (AvgIpc) is 2.98. The smallest absolute Gasteiger partial charge is 0.489 e. The molecule has 0 aromatic heterocycles. The maximum Gasteiger partial charge on any atom is 0.490 e. The number of alkyl halides is 3. The number of carboxylic acid groups (broad SMARTS) is 1. The number of carbonyl (C=O) groups excluding carboxylic acids is 1. The Morgan fingerprint density at radius 3 is 2.30 bits per heavy atom. The van der Waals surface area contributed by atoms with Gasteiger partial charge >= 0.3 is 18.2 Å². The number of aliphatic hydroxyl groups is 1. The van der Waals surface area contributed by atoms with Gasteiger partial charge in [-0.3, -0.25) is 0 Å². The normalized spacial score (nSPS) is 11.5. The molecule has 1 atom stereocenters. The lowest BCUT2D eigenvalue weighted by molar-refractivity contribution is -0.192. The van der Waals surface area contributed by atoms with Gasteiger partial charge in [0, 0.05) is 25.7 Å². The molecule has 0 saturated heterocycles. The summed E-state index contributed by atoms with van der Waals surface area (Å²) in [5, 5.41) is 21.0. The number of aliphatic hydroxyl groups excluding tert-OH is 1. The lowest BCUT2D eigenvalue weighted by atomic mass is 10.1. The molecule has 3 aromatic rings. The monoisotopic (exact) mass is 620 g/mol. The SMILES string of the molecule is C=CCOc1cc(F)cc(CNCC(O)CN(Cc2cccc(CC)c2)C(=O)OCc2ccccc2)c1.O=C(O)C(F)(F)F. The molecule has 0 bridgehead atoms. The highest BCUT2D eigenvalue weighted by Gasteiger charge is 2.38. The van der Waals surface area contributed by atoms with Crippen LogP contribution in [-0.4, -0.2) is 59.2 Å². The zero-order valence-electron chi connectivity index (χ0n) is 24.2. The van der Waals surface area contributed by atoms with Crippen LogP contribution in [0.5, 0.6) is 5.75 Å². The fourth-order valence-electron chi connectivity index (χ4n) is 3.85. The Labute approximate surface area is 253 Å². The summed E-state index contributed by atoms with van der Waals surface area (Å²) in [7, 11) is 0. The summed E-state index contributed by atoms with van der Waals surface area (Å²) in [6.07, 6.45) is -3.96. The Bertz CT molecular complexity index is 1340. The van der Waals surface area contributed by atoms with Gasteiger partial charge in [-0.2, -0.15) is 13.2 Å². The van der Waals surface area contributed by atoms with Crippen molar-refractivity contribution < 1.29 is 46.8 Å². The molecule has 1 unspecified atom stereocenters. The van der Waals surface area contributed by atoms with Gasteiger partial charge < -0.3 is 29.9 Å². The van der Waals surface area contributed by atoms with Gasteiger partial charge in [0.15, 0.2) is 0 Å². The predicted molar refractivity (Wildman–Crippen MR) is 156 cm³/mol. The van der Waals surface area contributed by atoms with Gasteiger partial charge in [0.1, 0.15) is 24.8 Å². The number of carbonyl (C=O) groups is 2. The molecule has 0 saturated carbocycles. The molecule has 0 aliphatic carbocycles. The first kappa shape index (κ1) is 35.8. The molecule has 0 heterocycles. The first-order chi connectivity index (χ1) is 20.9. The van der Waals surface area contributed by atoms with Crippen molar-refractivity contribution in [3.63, 3.8) is 0 Å². The molecule has 3 aromatic carbocycles. The van der Waals surface area contributed by atoms with Crippen LogP contribution in [0.4, 0.5) is 22.4 Å². The van der Waals surface area contributed by atoms with E-state index in [4.69, 9.17) is 19.4 Å². The highest BCUT2D eigenvalue weighted by atomic mass is 19.4. The summed E-state index contributed by atoms with van der Waals surface area (Å²) >= 11 is 0. The van der Waals surface area contributed by atoms with E-state index in [1.165, 1.54) is 22.6 Å². The van der Waals surface area contributed by atoms with Crippen LogP contribution in [0.3, 0.4) is 0 Å². The van der Waals surface area contributed by atoms with E-state index in [1.807, 2.05) is 48.5 Å². The topological polar surface area (TPSA) is 108 Å². The van der Waals surface area contributed by atoms with Crippen molar-refractivity contribution in [2.24, 2.45) is 0 Å².